The molecule has 3 nitrogen and oxygen atoms in total. The first-order valence-electron chi connectivity index (χ1n) is 6.02. The van der Waals surface area contributed by atoms with Crippen LogP contribution in [0.25, 0.3) is 0 Å². The molecule has 0 spiro atoms. The second kappa shape index (κ2) is 5.25. The van der Waals surface area contributed by atoms with Crippen molar-refractivity contribution < 1.29 is 0 Å². The normalized spacial score (nSPS) is 22.1. The SMILES string of the molecule is Cc1ncsc1CN1CCC(NC(C)C)C1. The largest absolute Gasteiger partial charge is 0.310 e. The van der Waals surface area contributed by atoms with Crippen molar-refractivity contribution in [1.82, 2.24) is 15.2 Å². The Balaban J connectivity index is 1.83. The molecule has 1 unspecified atom stereocenters. The minimum absolute atomic E-state index is 0.593. The maximum absolute atomic E-state index is 4.30. The lowest BCUT2D eigenvalue weighted by Crippen LogP contribution is -2.36. The van der Waals surface area contributed by atoms with Crippen molar-refractivity contribution in [3.8, 4) is 0 Å². The molecule has 16 heavy (non-hydrogen) atoms. The summed E-state index contributed by atoms with van der Waals surface area (Å²) in [5, 5.41) is 3.61. The highest BCUT2D eigenvalue weighted by atomic mass is 32.1. The fourth-order valence-corrected chi connectivity index (χ4v) is 3.08. The molecule has 0 bridgehead atoms. The van der Waals surface area contributed by atoms with Crippen molar-refractivity contribution in [2.24, 2.45) is 0 Å². The number of likely N-dealkylation sites (tertiary alicyclic amines) is 1. The second-order valence-electron chi connectivity index (χ2n) is 4.90. The van der Waals surface area contributed by atoms with E-state index >= 15 is 0 Å². The quantitative estimate of drug-likeness (QED) is 0.871. The molecule has 2 heterocycles. The zero-order chi connectivity index (χ0) is 11.5. The van der Waals surface area contributed by atoms with Gasteiger partial charge in [0.15, 0.2) is 0 Å². The van der Waals surface area contributed by atoms with Gasteiger partial charge in [-0.05, 0) is 13.3 Å². The van der Waals surface area contributed by atoms with Crippen molar-refractivity contribution in [2.45, 2.75) is 45.8 Å². The molecular formula is C12H21N3S. The standard InChI is InChI=1S/C12H21N3S/c1-9(2)14-11-4-5-15(6-11)7-12-10(3)13-8-16-12/h8-9,11,14H,4-7H2,1-3H3. The first-order valence-corrected chi connectivity index (χ1v) is 6.90. The third-order valence-corrected chi connectivity index (χ3v) is 3.97. The van der Waals surface area contributed by atoms with Gasteiger partial charge in [0.2, 0.25) is 0 Å². The molecule has 90 valence electrons. The molecule has 1 N–H and O–H groups in total. The van der Waals surface area contributed by atoms with Crippen molar-refractivity contribution in [2.75, 3.05) is 13.1 Å². The van der Waals surface area contributed by atoms with Gasteiger partial charge in [-0.25, -0.2) is 4.98 Å². The summed E-state index contributed by atoms with van der Waals surface area (Å²) in [6.45, 7) is 10.0. The number of hydrogen-bond acceptors (Lipinski definition) is 4. The smallest absolute Gasteiger partial charge is 0.0798 e. The van der Waals surface area contributed by atoms with Crippen molar-refractivity contribution in [3.05, 3.63) is 16.1 Å². The topological polar surface area (TPSA) is 28.2 Å². The van der Waals surface area contributed by atoms with Crippen LogP contribution in [0.3, 0.4) is 0 Å². The predicted octanol–water partition coefficient (Wildman–Crippen LogP) is 2.02. The number of rotatable bonds is 4. The van der Waals surface area contributed by atoms with E-state index in [1.165, 1.54) is 30.1 Å². The zero-order valence-corrected chi connectivity index (χ0v) is 11.2. The van der Waals surface area contributed by atoms with Crippen LogP contribution in [-0.2, 0) is 6.54 Å². The number of nitrogens with one attached hydrogen (secondary N) is 1. The highest BCUT2D eigenvalue weighted by Crippen LogP contribution is 2.18. The van der Waals surface area contributed by atoms with Crippen LogP contribution in [0.2, 0.25) is 0 Å². The van der Waals surface area contributed by atoms with Crippen molar-refractivity contribution in [1.29, 1.82) is 0 Å². The van der Waals surface area contributed by atoms with E-state index in [0.717, 1.165) is 6.54 Å². The number of nitrogens with zero attached hydrogens (tertiary/aromatic N) is 2. The Morgan fingerprint density at radius 3 is 3.06 bits per heavy atom. The van der Waals surface area contributed by atoms with Crippen LogP contribution < -0.4 is 5.32 Å². The van der Waals surface area contributed by atoms with Gasteiger partial charge in [0.05, 0.1) is 11.2 Å². The average molecular weight is 239 g/mol. The van der Waals surface area contributed by atoms with Crippen LogP contribution in [0.4, 0.5) is 0 Å². The lowest BCUT2D eigenvalue weighted by Gasteiger charge is -2.17. The Bertz CT molecular complexity index is 335. The Kier molecular flexibility index (Phi) is 3.95. The highest BCUT2D eigenvalue weighted by molar-refractivity contribution is 7.09. The Morgan fingerprint density at radius 1 is 1.62 bits per heavy atom. The summed E-state index contributed by atoms with van der Waals surface area (Å²) in [5.41, 5.74) is 3.15. The van der Waals surface area contributed by atoms with Gasteiger partial charge in [0.1, 0.15) is 0 Å². The first-order chi connectivity index (χ1) is 7.65. The molecule has 0 saturated carbocycles. The predicted molar refractivity (Wildman–Crippen MR) is 68.8 cm³/mol. The van der Waals surface area contributed by atoms with Gasteiger partial charge in [0, 0.05) is 36.6 Å². The van der Waals surface area contributed by atoms with E-state index in [4.69, 9.17) is 0 Å². The van der Waals surface area contributed by atoms with Gasteiger partial charge in [-0.2, -0.15) is 0 Å². The first kappa shape index (κ1) is 12.0. The second-order valence-corrected chi connectivity index (χ2v) is 5.84. The molecule has 0 radical (unpaired) electrons. The summed E-state index contributed by atoms with van der Waals surface area (Å²) in [6.07, 6.45) is 1.27. The summed E-state index contributed by atoms with van der Waals surface area (Å²) >= 11 is 1.78. The minimum atomic E-state index is 0.593. The van der Waals surface area contributed by atoms with E-state index in [0.29, 0.717) is 12.1 Å². The summed E-state index contributed by atoms with van der Waals surface area (Å²) in [7, 11) is 0. The number of aryl methyl sites for hydroxylation is 1. The molecule has 0 aromatic carbocycles. The van der Waals surface area contributed by atoms with Crippen molar-refractivity contribution >= 4 is 11.3 Å². The molecule has 1 aliphatic rings. The maximum atomic E-state index is 4.30. The molecule has 1 aliphatic heterocycles. The van der Waals surface area contributed by atoms with Crippen LogP contribution in [-0.4, -0.2) is 35.1 Å². The molecule has 0 aliphatic carbocycles. The van der Waals surface area contributed by atoms with Gasteiger partial charge in [-0.1, -0.05) is 13.8 Å². The van der Waals surface area contributed by atoms with Crippen LogP contribution in [0.15, 0.2) is 5.51 Å². The van der Waals surface area contributed by atoms with E-state index in [2.05, 4.69) is 36.0 Å². The van der Waals surface area contributed by atoms with Crippen LogP contribution in [0.1, 0.15) is 30.8 Å². The summed E-state index contributed by atoms with van der Waals surface area (Å²) < 4.78 is 0. The monoisotopic (exact) mass is 239 g/mol. The average Bonchev–Trinajstić information content (AvgIpc) is 2.77. The van der Waals surface area contributed by atoms with Crippen LogP contribution >= 0.6 is 11.3 Å². The molecule has 4 heteroatoms. The molecule has 1 fully saturated rings. The maximum Gasteiger partial charge on any atom is 0.0798 e. The molecule has 1 aromatic rings. The summed E-state index contributed by atoms with van der Waals surface area (Å²) in [5.74, 6) is 0. The minimum Gasteiger partial charge on any atom is -0.310 e. The fraction of sp³-hybridized carbons (Fsp3) is 0.750. The van der Waals surface area contributed by atoms with Gasteiger partial charge in [-0.15, -0.1) is 11.3 Å². The van der Waals surface area contributed by atoms with Gasteiger partial charge in [-0.3, -0.25) is 4.90 Å². The zero-order valence-electron chi connectivity index (χ0n) is 10.4. The fourth-order valence-electron chi connectivity index (χ4n) is 2.26. The van der Waals surface area contributed by atoms with Gasteiger partial charge in [0.25, 0.3) is 0 Å². The lowest BCUT2D eigenvalue weighted by molar-refractivity contribution is 0.319. The molecular weight excluding hydrogens is 218 g/mol. The van der Waals surface area contributed by atoms with E-state index in [9.17, 15) is 0 Å². The van der Waals surface area contributed by atoms with Crippen LogP contribution in [0.5, 0.6) is 0 Å². The Morgan fingerprint density at radius 2 is 2.44 bits per heavy atom. The number of aromatic nitrogens is 1. The summed E-state index contributed by atoms with van der Waals surface area (Å²) in [4.78, 5) is 8.25. The Labute approximate surface area is 102 Å². The van der Waals surface area contributed by atoms with E-state index in [1.807, 2.05) is 5.51 Å². The van der Waals surface area contributed by atoms with E-state index in [1.54, 1.807) is 11.3 Å². The Hall–Kier alpha value is -0.450. The van der Waals surface area contributed by atoms with Crippen molar-refractivity contribution in [3.63, 3.8) is 0 Å². The molecule has 0 amide bonds. The third kappa shape index (κ3) is 3.03. The third-order valence-electron chi connectivity index (χ3n) is 3.05. The molecule has 2 rings (SSSR count). The van der Waals surface area contributed by atoms with E-state index in [-0.39, 0.29) is 0 Å². The molecule has 1 atom stereocenters. The van der Waals surface area contributed by atoms with E-state index < -0.39 is 0 Å². The lowest BCUT2D eigenvalue weighted by atomic mass is 10.2. The number of thiazole rings is 1. The van der Waals surface area contributed by atoms with Crippen LogP contribution in [0, 0.1) is 6.92 Å². The summed E-state index contributed by atoms with van der Waals surface area (Å²) in [6, 6.07) is 1.27. The highest BCUT2D eigenvalue weighted by Gasteiger charge is 2.23. The van der Waals surface area contributed by atoms with Gasteiger partial charge < -0.3 is 5.32 Å². The molecule has 1 aromatic heterocycles. The molecule has 1 saturated heterocycles. The number of hydrogen-bond donors (Lipinski definition) is 1. The van der Waals surface area contributed by atoms with Gasteiger partial charge >= 0.3 is 0 Å².